The summed E-state index contributed by atoms with van der Waals surface area (Å²) in [7, 11) is -7.67. The quantitative estimate of drug-likeness (QED) is 0.130. The van der Waals surface area contributed by atoms with Crippen LogP contribution in [-0.2, 0) is 27.3 Å². The lowest BCUT2D eigenvalue weighted by molar-refractivity contribution is 0.260. The highest BCUT2D eigenvalue weighted by Gasteiger charge is 2.46. The summed E-state index contributed by atoms with van der Waals surface area (Å²) < 4.78 is 60.9. The predicted molar refractivity (Wildman–Crippen MR) is 204 cm³/mol. The van der Waals surface area contributed by atoms with Gasteiger partial charge < -0.3 is 38.4 Å². The molecule has 0 radical (unpaired) electrons. The molecule has 2 aromatic heterocycles. The Kier molecular flexibility index (Phi) is 14.8. The lowest BCUT2D eigenvalue weighted by Gasteiger charge is -2.40. The largest absolute Gasteiger partial charge is 0.382 e. The Hall–Kier alpha value is -0.160. The summed E-state index contributed by atoms with van der Waals surface area (Å²) in [5, 5.41) is 7.40. The third-order valence-corrected chi connectivity index (χ3v) is 16.2. The Morgan fingerprint density at radius 3 is 0.960 bits per heavy atom. The molecule has 0 spiro atoms. The fourth-order valence-corrected chi connectivity index (χ4v) is 13.9. The molecular formula is C28H56N4O12P4S2+4. The number of hydrogen-bond donors (Lipinski definition) is 6. The van der Waals surface area contributed by atoms with Gasteiger partial charge in [0.25, 0.3) is 0 Å². The summed E-state index contributed by atoms with van der Waals surface area (Å²) >= 11 is 2.70. The van der Waals surface area contributed by atoms with Gasteiger partial charge in [-0.15, -0.1) is 22.7 Å². The molecule has 6 N–H and O–H groups in total. The van der Waals surface area contributed by atoms with Crippen molar-refractivity contribution in [3.63, 3.8) is 0 Å². The lowest BCUT2D eigenvalue weighted by Crippen LogP contribution is -2.52. The first-order valence-electron chi connectivity index (χ1n) is 16.2. The molecule has 0 amide bonds. The van der Waals surface area contributed by atoms with Crippen molar-refractivity contribution in [2.75, 3.05) is 93.7 Å². The molecule has 1 aliphatic rings. The molecule has 6 unspecified atom stereocenters. The molecule has 0 aromatic carbocycles. The summed E-state index contributed by atoms with van der Waals surface area (Å²) in [4.78, 5) is 62.2. The molecular weight excluding hydrogens is 772 g/mol. The first-order valence-corrected chi connectivity index (χ1v) is 25.2. The number of hydrogen-bond acceptors (Lipinski definition) is 8. The zero-order valence-corrected chi connectivity index (χ0v) is 34.9. The van der Waals surface area contributed by atoms with Crippen LogP contribution in [0, 0.1) is 0 Å². The summed E-state index contributed by atoms with van der Waals surface area (Å²) in [5.41, 5.74) is 2.64. The van der Waals surface area contributed by atoms with Crippen LogP contribution in [0.4, 0.5) is 22.7 Å². The van der Waals surface area contributed by atoms with E-state index >= 15 is 0 Å². The zero-order chi connectivity index (χ0) is 37.9. The Labute approximate surface area is 303 Å². The van der Waals surface area contributed by atoms with Gasteiger partial charge in [-0.05, 0) is 38.5 Å². The van der Waals surface area contributed by atoms with Crippen LogP contribution in [0.1, 0.15) is 38.5 Å². The van der Waals surface area contributed by atoms with Crippen molar-refractivity contribution in [2.24, 2.45) is 0 Å². The molecule has 288 valence electrons. The van der Waals surface area contributed by atoms with Crippen LogP contribution >= 0.6 is 53.1 Å². The van der Waals surface area contributed by atoms with Gasteiger partial charge in [-0.25, -0.2) is 0 Å². The number of fused-ring (bicyclic) bond motifs is 2. The Bertz CT molecular complexity index is 1530. The van der Waals surface area contributed by atoms with Crippen molar-refractivity contribution in [1.29, 1.82) is 0 Å². The van der Waals surface area contributed by atoms with Crippen LogP contribution in [0.25, 0.3) is 0 Å². The maximum absolute atomic E-state index is 13.1. The van der Waals surface area contributed by atoms with E-state index in [1.165, 1.54) is 36.9 Å². The molecule has 0 aliphatic carbocycles. The van der Waals surface area contributed by atoms with E-state index in [0.717, 1.165) is 0 Å². The van der Waals surface area contributed by atoms with E-state index in [9.17, 15) is 47.6 Å². The maximum Gasteiger partial charge on any atom is 0.382 e. The van der Waals surface area contributed by atoms with Crippen molar-refractivity contribution < 1.29 is 56.7 Å². The average Bonchev–Trinajstić information content (AvgIpc) is 3.66. The third kappa shape index (κ3) is 11.9. The van der Waals surface area contributed by atoms with Crippen molar-refractivity contribution in [1.82, 2.24) is 17.9 Å². The Balaban J connectivity index is 2.15. The van der Waals surface area contributed by atoms with Gasteiger partial charge in [0.1, 0.15) is 0 Å². The fraction of sp³-hybridized carbons (Fsp3) is 0.714. The molecule has 0 saturated carbocycles. The lowest BCUT2D eigenvalue weighted by atomic mass is 10.1. The van der Waals surface area contributed by atoms with Gasteiger partial charge in [0.2, 0.25) is 22.7 Å². The highest BCUT2D eigenvalue weighted by atomic mass is 32.1. The van der Waals surface area contributed by atoms with Crippen molar-refractivity contribution >= 4 is 75.8 Å². The van der Waals surface area contributed by atoms with E-state index in [2.05, 4.69) is 0 Å². The molecule has 16 nitrogen and oxygen atoms in total. The highest BCUT2D eigenvalue weighted by molar-refractivity contribution is 7.53. The maximum atomic E-state index is 13.1. The van der Waals surface area contributed by atoms with Crippen LogP contribution in [0.3, 0.4) is 0 Å². The van der Waals surface area contributed by atoms with Gasteiger partial charge in [-0.2, -0.15) is 0 Å². The van der Waals surface area contributed by atoms with Gasteiger partial charge in [-0.1, -0.05) is 0 Å². The second-order valence-corrected chi connectivity index (χ2v) is 23.0. The third-order valence-electron chi connectivity index (χ3n) is 9.72. The standard InChI is InChI=1S/C28H52N4O12P4S2/c1-29(21-45(33,34)35)13-9-7-10-14-30(2,22-46(36,37)38)26-18-50-20-28(26)32(4,24-48(41,42)44-6)16-12-8-11-15-31(3,23-47(39,40)43-5)27-19-49-17-25(27)29/h17-20H,7-16,21-24H2,1-6H3,(H2-4,33,34,35,36,37,38,39,40,41,42)/p+4. The van der Waals surface area contributed by atoms with Gasteiger partial charge in [0.05, 0.1) is 75.9 Å². The Morgan fingerprint density at radius 2 is 0.740 bits per heavy atom. The number of nitrogens with zero attached hydrogens (tertiary/aromatic N) is 4. The van der Waals surface area contributed by atoms with Gasteiger partial charge in [-0.3, -0.25) is 36.2 Å². The van der Waals surface area contributed by atoms with Crippen LogP contribution in [0.15, 0.2) is 21.5 Å². The first-order chi connectivity index (χ1) is 22.8. The normalized spacial score (nSPS) is 30.6. The van der Waals surface area contributed by atoms with E-state index < -0.39 is 43.0 Å². The van der Waals surface area contributed by atoms with Crippen LogP contribution in [0.5, 0.6) is 0 Å². The molecule has 0 bridgehead atoms. The topological polar surface area (TPSA) is 208 Å². The van der Waals surface area contributed by atoms with E-state index in [1.54, 1.807) is 14.1 Å². The summed E-state index contributed by atoms with van der Waals surface area (Å²) in [6.07, 6.45) is 1.91. The summed E-state index contributed by atoms with van der Waals surface area (Å²) in [5.74, 6) is 0. The second kappa shape index (κ2) is 16.7. The van der Waals surface area contributed by atoms with E-state index in [0.29, 0.717) is 87.5 Å². The molecule has 1 aliphatic heterocycles. The van der Waals surface area contributed by atoms with Crippen LogP contribution in [0.2, 0.25) is 0 Å². The van der Waals surface area contributed by atoms with Crippen molar-refractivity contribution in [2.45, 2.75) is 38.5 Å². The molecule has 0 fully saturated rings. The minimum absolute atomic E-state index is 0.00994. The monoisotopic (exact) mass is 828 g/mol. The molecule has 3 heterocycles. The van der Waals surface area contributed by atoms with Gasteiger partial charge >= 0.3 is 30.4 Å². The van der Waals surface area contributed by atoms with Crippen LogP contribution in [-0.4, -0.2) is 123 Å². The van der Waals surface area contributed by atoms with Crippen LogP contribution < -0.4 is 17.9 Å². The van der Waals surface area contributed by atoms with Gasteiger partial charge in [0.15, 0.2) is 25.1 Å². The summed E-state index contributed by atoms with van der Waals surface area (Å²) in [6.45, 7) is 1.46. The molecule has 3 rings (SSSR count). The van der Waals surface area contributed by atoms with Crippen molar-refractivity contribution in [3.8, 4) is 0 Å². The highest BCUT2D eigenvalue weighted by Crippen LogP contribution is 2.53. The molecule has 50 heavy (non-hydrogen) atoms. The number of rotatable bonds is 10. The first kappa shape index (κ1) is 44.2. The fourth-order valence-electron chi connectivity index (χ4n) is 7.17. The second-order valence-electron chi connectivity index (χ2n) is 14.4. The SMILES string of the molecule is COP(=O)(O)C[N+]1(C)CCCCC[N+](C)(CP(=O)(O)OC)c2cscc2[N+](C)(CP(=O)(O)O)CCCCC[N+](C)(CP(=O)(O)O)c2cscc21. The Morgan fingerprint density at radius 1 is 0.500 bits per heavy atom. The molecule has 0 saturated heterocycles. The van der Waals surface area contributed by atoms with E-state index in [-0.39, 0.29) is 30.5 Å². The van der Waals surface area contributed by atoms with Crippen molar-refractivity contribution in [3.05, 3.63) is 21.5 Å². The smallest absolute Gasteiger partial charge is 0.320 e. The molecule has 22 heteroatoms. The summed E-state index contributed by atoms with van der Waals surface area (Å²) in [6, 6.07) is 0. The number of thiophene rings is 2. The number of quaternary nitrogens is 4. The molecule has 2 aromatic rings. The van der Waals surface area contributed by atoms with E-state index in [4.69, 9.17) is 9.05 Å². The average molecular weight is 829 g/mol. The van der Waals surface area contributed by atoms with Gasteiger partial charge in [0, 0.05) is 14.2 Å². The van der Waals surface area contributed by atoms with E-state index in [1.807, 2.05) is 35.6 Å². The zero-order valence-electron chi connectivity index (χ0n) is 29.7. The minimum Gasteiger partial charge on any atom is -0.320 e. The minimum atomic E-state index is -4.54. The predicted octanol–water partition coefficient (Wildman–Crippen LogP) is 5.46. The molecule has 6 atom stereocenters.